The number of piperazine rings is 1. The number of thioether (sulfide) groups is 1. The van der Waals surface area contributed by atoms with Gasteiger partial charge in [-0.3, -0.25) is 14.9 Å². The zero-order valence-corrected chi connectivity index (χ0v) is 15.7. The van der Waals surface area contributed by atoms with Crippen LogP contribution in [0.15, 0.2) is 35.5 Å². The topological polar surface area (TPSA) is 118 Å². The second-order valence-electron chi connectivity index (χ2n) is 6.15. The third kappa shape index (κ3) is 4.85. The van der Waals surface area contributed by atoms with Crippen LogP contribution in [0.5, 0.6) is 0 Å². The summed E-state index contributed by atoms with van der Waals surface area (Å²) in [4.78, 5) is 35.1. The fraction of sp³-hybridized carbons (Fsp3) is 0.353. The monoisotopic (exact) mass is 388 g/mol. The van der Waals surface area contributed by atoms with Crippen LogP contribution >= 0.6 is 11.8 Å². The van der Waals surface area contributed by atoms with Gasteiger partial charge in [-0.25, -0.2) is 9.97 Å². The molecular weight excluding hydrogens is 368 g/mol. The number of anilines is 2. The summed E-state index contributed by atoms with van der Waals surface area (Å²) in [7, 11) is 0. The molecule has 0 radical (unpaired) electrons. The number of nitrogens with zero attached hydrogens (tertiary/aromatic N) is 5. The van der Waals surface area contributed by atoms with E-state index in [4.69, 9.17) is 5.73 Å². The van der Waals surface area contributed by atoms with Crippen molar-refractivity contribution in [3.05, 3.63) is 46.1 Å². The molecule has 1 amide bonds. The first-order chi connectivity index (χ1) is 12.9. The van der Waals surface area contributed by atoms with E-state index >= 15 is 0 Å². The molecular formula is C17H20N6O3S. The van der Waals surface area contributed by atoms with Crippen LogP contribution in [0, 0.1) is 17.0 Å². The van der Waals surface area contributed by atoms with E-state index in [0.29, 0.717) is 37.2 Å². The predicted molar refractivity (Wildman–Crippen MR) is 104 cm³/mol. The first-order valence-corrected chi connectivity index (χ1v) is 9.42. The Hall–Kier alpha value is -2.88. The first kappa shape index (κ1) is 18.9. The molecule has 0 saturated carbocycles. The van der Waals surface area contributed by atoms with Crippen LogP contribution in [0.1, 0.15) is 5.69 Å². The van der Waals surface area contributed by atoms with Crippen molar-refractivity contribution in [1.82, 2.24) is 14.9 Å². The van der Waals surface area contributed by atoms with Crippen LogP contribution in [0.2, 0.25) is 0 Å². The van der Waals surface area contributed by atoms with Gasteiger partial charge in [0.15, 0.2) is 5.16 Å². The number of carbonyl (C=O) groups is 1. The van der Waals surface area contributed by atoms with E-state index in [1.54, 1.807) is 18.2 Å². The molecule has 27 heavy (non-hydrogen) atoms. The van der Waals surface area contributed by atoms with Gasteiger partial charge < -0.3 is 15.5 Å². The molecule has 3 rings (SSSR count). The molecule has 10 heteroatoms. The van der Waals surface area contributed by atoms with Gasteiger partial charge in [0.25, 0.3) is 5.69 Å². The number of non-ortho nitro benzene ring substituents is 1. The standard InChI is InChI=1S/C17H20N6O3S/c1-12-10-15(18)20-17(19-12)27-11-16(24)22-8-6-21(7-9-22)13-2-4-14(5-3-13)23(25)26/h2-5,10H,6-9,11H2,1H3,(H2,18,19,20). The Labute approximate surface area is 160 Å². The molecule has 142 valence electrons. The van der Waals surface area contributed by atoms with Crippen LogP contribution in [0.3, 0.4) is 0 Å². The van der Waals surface area contributed by atoms with E-state index in [2.05, 4.69) is 14.9 Å². The number of nitrogens with two attached hydrogens (primary N) is 1. The minimum Gasteiger partial charge on any atom is -0.384 e. The lowest BCUT2D eigenvalue weighted by molar-refractivity contribution is -0.384. The predicted octanol–water partition coefficient (Wildman–Crippen LogP) is 1.72. The molecule has 2 heterocycles. The van der Waals surface area contributed by atoms with Gasteiger partial charge in [-0.1, -0.05) is 11.8 Å². The highest BCUT2D eigenvalue weighted by Crippen LogP contribution is 2.21. The minimum absolute atomic E-state index is 0.0343. The highest BCUT2D eigenvalue weighted by Gasteiger charge is 2.22. The number of rotatable bonds is 5. The Morgan fingerprint density at radius 1 is 1.22 bits per heavy atom. The number of carbonyl (C=O) groups excluding carboxylic acids is 1. The number of nitrogen functional groups attached to an aromatic ring is 1. The Kier molecular flexibility index (Phi) is 5.75. The van der Waals surface area contributed by atoms with E-state index in [1.807, 2.05) is 11.8 Å². The molecule has 1 aromatic heterocycles. The number of hydrogen-bond donors (Lipinski definition) is 1. The highest BCUT2D eigenvalue weighted by atomic mass is 32.2. The Balaban J connectivity index is 1.50. The maximum absolute atomic E-state index is 12.4. The largest absolute Gasteiger partial charge is 0.384 e. The molecule has 0 aliphatic carbocycles. The van der Waals surface area contributed by atoms with Crippen molar-refractivity contribution in [2.24, 2.45) is 0 Å². The molecule has 0 bridgehead atoms. The lowest BCUT2D eigenvalue weighted by Gasteiger charge is -2.36. The van der Waals surface area contributed by atoms with E-state index in [1.165, 1.54) is 23.9 Å². The zero-order valence-electron chi connectivity index (χ0n) is 14.9. The quantitative estimate of drug-likeness (QED) is 0.356. The van der Waals surface area contributed by atoms with Gasteiger partial charge in [-0.2, -0.15) is 0 Å². The van der Waals surface area contributed by atoms with Crippen molar-refractivity contribution >= 4 is 34.9 Å². The van der Waals surface area contributed by atoms with Crippen molar-refractivity contribution in [2.45, 2.75) is 12.1 Å². The number of benzene rings is 1. The van der Waals surface area contributed by atoms with Gasteiger partial charge in [0.05, 0.1) is 10.7 Å². The lowest BCUT2D eigenvalue weighted by Crippen LogP contribution is -2.49. The van der Waals surface area contributed by atoms with Crippen LogP contribution < -0.4 is 10.6 Å². The fourth-order valence-corrected chi connectivity index (χ4v) is 3.66. The van der Waals surface area contributed by atoms with Crippen molar-refractivity contribution in [1.29, 1.82) is 0 Å². The van der Waals surface area contributed by atoms with E-state index in [0.717, 1.165) is 11.4 Å². The summed E-state index contributed by atoms with van der Waals surface area (Å²) in [6.45, 7) is 4.41. The van der Waals surface area contributed by atoms with Gasteiger partial charge in [0, 0.05) is 55.8 Å². The molecule has 9 nitrogen and oxygen atoms in total. The number of hydrogen-bond acceptors (Lipinski definition) is 8. The van der Waals surface area contributed by atoms with Crippen molar-refractivity contribution in [3.63, 3.8) is 0 Å². The van der Waals surface area contributed by atoms with Crippen LogP contribution in [0.25, 0.3) is 0 Å². The van der Waals surface area contributed by atoms with Crippen molar-refractivity contribution in [2.75, 3.05) is 42.6 Å². The van der Waals surface area contributed by atoms with Crippen LogP contribution in [0.4, 0.5) is 17.2 Å². The molecule has 1 aromatic carbocycles. The van der Waals surface area contributed by atoms with Crippen LogP contribution in [-0.2, 0) is 4.79 Å². The van der Waals surface area contributed by atoms with E-state index in [9.17, 15) is 14.9 Å². The van der Waals surface area contributed by atoms with Crippen molar-refractivity contribution in [3.8, 4) is 0 Å². The third-order valence-corrected chi connectivity index (χ3v) is 5.07. The normalized spacial score (nSPS) is 14.3. The van der Waals surface area contributed by atoms with E-state index < -0.39 is 4.92 Å². The molecule has 1 saturated heterocycles. The number of aryl methyl sites for hydroxylation is 1. The molecule has 2 aromatic rings. The molecule has 0 atom stereocenters. The first-order valence-electron chi connectivity index (χ1n) is 8.43. The summed E-state index contributed by atoms with van der Waals surface area (Å²) >= 11 is 1.28. The average Bonchev–Trinajstić information content (AvgIpc) is 2.65. The maximum Gasteiger partial charge on any atom is 0.269 e. The molecule has 2 N–H and O–H groups in total. The molecule has 0 spiro atoms. The second kappa shape index (κ2) is 8.21. The summed E-state index contributed by atoms with van der Waals surface area (Å²) in [5.41, 5.74) is 7.47. The summed E-state index contributed by atoms with van der Waals surface area (Å²) < 4.78 is 0. The van der Waals surface area contributed by atoms with Gasteiger partial charge in [0.2, 0.25) is 5.91 Å². The van der Waals surface area contributed by atoms with E-state index in [-0.39, 0.29) is 17.3 Å². The number of nitro benzene ring substituents is 1. The van der Waals surface area contributed by atoms with Crippen LogP contribution in [-0.4, -0.2) is 57.6 Å². The summed E-state index contributed by atoms with van der Waals surface area (Å²) in [6, 6.07) is 8.16. The fourth-order valence-electron chi connectivity index (χ4n) is 2.85. The Bertz CT molecular complexity index is 817. The second-order valence-corrected chi connectivity index (χ2v) is 7.09. The van der Waals surface area contributed by atoms with Crippen molar-refractivity contribution < 1.29 is 9.72 Å². The smallest absolute Gasteiger partial charge is 0.269 e. The third-order valence-electron chi connectivity index (χ3n) is 4.24. The van der Waals surface area contributed by atoms with Gasteiger partial charge in [-0.05, 0) is 19.1 Å². The number of amides is 1. The zero-order chi connectivity index (χ0) is 19.4. The lowest BCUT2D eigenvalue weighted by atomic mass is 10.2. The Morgan fingerprint density at radius 3 is 2.48 bits per heavy atom. The average molecular weight is 388 g/mol. The van der Waals surface area contributed by atoms with Gasteiger partial charge in [-0.15, -0.1) is 0 Å². The Morgan fingerprint density at radius 2 is 1.89 bits per heavy atom. The van der Waals surface area contributed by atoms with Gasteiger partial charge in [0.1, 0.15) is 5.82 Å². The summed E-state index contributed by atoms with van der Waals surface area (Å²) in [5, 5.41) is 11.2. The summed E-state index contributed by atoms with van der Waals surface area (Å²) in [6.07, 6.45) is 0. The van der Waals surface area contributed by atoms with Gasteiger partial charge >= 0.3 is 0 Å². The highest BCUT2D eigenvalue weighted by molar-refractivity contribution is 7.99. The summed E-state index contributed by atoms with van der Waals surface area (Å²) in [5.74, 6) is 0.696. The molecule has 1 fully saturated rings. The molecule has 0 unspecified atom stereocenters. The maximum atomic E-state index is 12.4. The molecule has 1 aliphatic heterocycles. The number of aromatic nitrogens is 2. The minimum atomic E-state index is -0.413. The number of nitro groups is 1. The SMILES string of the molecule is Cc1cc(N)nc(SCC(=O)N2CCN(c3ccc([N+](=O)[O-])cc3)CC2)n1. The molecule has 1 aliphatic rings.